The number of guanidine groups is 1. The standard InChI is InChI=1S/C28H39N7.ClH/c1-6-20-23(15-31-26-13-9-11-18(4)34-26)21(7-2)25(17-33-28(29)30)22(8-3)24(20)16-32-27-14-10-12-19(5)35-27;/h9-14H,6-8,15-17H2,1-5H3,(H,31,34)(H,32,35)(H4,29,30,33);1H. The fraction of sp³-hybridized carbons (Fsp3) is 0.393. The highest BCUT2D eigenvalue weighted by molar-refractivity contribution is 5.85. The number of aromatic nitrogens is 2. The van der Waals surface area contributed by atoms with Crippen LogP contribution in [0, 0.1) is 13.8 Å². The van der Waals surface area contributed by atoms with E-state index in [0.29, 0.717) is 19.6 Å². The molecular formula is C28H40ClN7. The minimum atomic E-state index is 0. The molecular weight excluding hydrogens is 470 g/mol. The summed E-state index contributed by atoms with van der Waals surface area (Å²) in [6.07, 6.45) is 2.74. The first-order chi connectivity index (χ1) is 16.9. The van der Waals surface area contributed by atoms with Gasteiger partial charge in [-0.3, -0.25) is 0 Å². The highest BCUT2D eigenvalue weighted by Gasteiger charge is 2.21. The number of anilines is 2. The van der Waals surface area contributed by atoms with E-state index in [2.05, 4.69) is 46.4 Å². The smallest absolute Gasteiger partial charge is 0.186 e. The first-order valence-electron chi connectivity index (χ1n) is 12.4. The van der Waals surface area contributed by atoms with Gasteiger partial charge in [0, 0.05) is 24.5 Å². The Labute approximate surface area is 221 Å². The highest BCUT2D eigenvalue weighted by Crippen LogP contribution is 2.32. The SMILES string of the molecule is CCc1c(CN=C(N)N)c(CC)c(CNc2cccc(C)n2)c(CC)c1CNc1cccc(C)n1.Cl. The van der Waals surface area contributed by atoms with Gasteiger partial charge < -0.3 is 22.1 Å². The molecule has 0 aliphatic rings. The van der Waals surface area contributed by atoms with Gasteiger partial charge in [-0.15, -0.1) is 12.4 Å². The van der Waals surface area contributed by atoms with E-state index in [4.69, 9.17) is 11.5 Å². The van der Waals surface area contributed by atoms with Crippen LogP contribution in [0.3, 0.4) is 0 Å². The lowest BCUT2D eigenvalue weighted by molar-refractivity contribution is 0.868. The van der Waals surface area contributed by atoms with Crippen LogP contribution in [0.2, 0.25) is 0 Å². The maximum absolute atomic E-state index is 5.74. The number of nitrogens with two attached hydrogens (primary N) is 2. The monoisotopic (exact) mass is 509 g/mol. The van der Waals surface area contributed by atoms with Gasteiger partial charge in [0.2, 0.25) is 0 Å². The van der Waals surface area contributed by atoms with Crippen LogP contribution in [0.1, 0.15) is 65.5 Å². The molecule has 0 amide bonds. The Morgan fingerprint density at radius 3 is 1.47 bits per heavy atom. The van der Waals surface area contributed by atoms with Crippen LogP contribution in [-0.2, 0) is 38.9 Å². The molecule has 1 aromatic carbocycles. The predicted molar refractivity (Wildman–Crippen MR) is 154 cm³/mol. The number of hydrogen-bond donors (Lipinski definition) is 4. The molecule has 0 atom stereocenters. The minimum absolute atomic E-state index is 0. The number of nitrogens with one attached hydrogen (secondary N) is 2. The molecule has 3 rings (SSSR count). The Morgan fingerprint density at radius 2 is 1.11 bits per heavy atom. The van der Waals surface area contributed by atoms with Crippen molar-refractivity contribution in [2.45, 2.75) is 73.5 Å². The summed E-state index contributed by atoms with van der Waals surface area (Å²) >= 11 is 0. The number of rotatable bonds is 11. The quantitative estimate of drug-likeness (QED) is 0.208. The van der Waals surface area contributed by atoms with Gasteiger partial charge in [0.1, 0.15) is 11.6 Å². The van der Waals surface area contributed by atoms with Gasteiger partial charge in [-0.2, -0.15) is 0 Å². The largest absolute Gasteiger partial charge is 0.370 e. The van der Waals surface area contributed by atoms with E-state index in [0.717, 1.165) is 42.3 Å². The number of aryl methyl sites for hydroxylation is 2. The predicted octanol–water partition coefficient (Wildman–Crippen LogP) is 5.20. The first-order valence-corrected chi connectivity index (χ1v) is 12.4. The minimum Gasteiger partial charge on any atom is -0.370 e. The summed E-state index contributed by atoms with van der Waals surface area (Å²) in [4.78, 5) is 13.7. The van der Waals surface area contributed by atoms with Crippen LogP contribution in [0.15, 0.2) is 41.4 Å². The number of benzene rings is 1. The molecule has 36 heavy (non-hydrogen) atoms. The summed E-state index contributed by atoms with van der Waals surface area (Å²) in [5, 5.41) is 7.12. The number of halogens is 1. The maximum Gasteiger partial charge on any atom is 0.186 e. The van der Waals surface area contributed by atoms with E-state index in [1.165, 1.54) is 33.4 Å². The Balaban J connectivity index is 0.00000456. The lowest BCUT2D eigenvalue weighted by atomic mass is 9.83. The maximum atomic E-state index is 5.74. The number of pyridine rings is 2. The summed E-state index contributed by atoms with van der Waals surface area (Å²) in [6.45, 7) is 12.5. The molecule has 2 aromatic heterocycles. The zero-order chi connectivity index (χ0) is 25.4. The number of aliphatic imine (C=N–C) groups is 1. The molecule has 194 valence electrons. The molecule has 0 radical (unpaired) electrons. The Bertz CT molecular complexity index is 1110. The average Bonchev–Trinajstić information content (AvgIpc) is 2.84. The molecule has 2 heterocycles. The van der Waals surface area contributed by atoms with Gasteiger partial charge in [0.15, 0.2) is 5.96 Å². The van der Waals surface area contributed by atoms with Crippen molar-refractivity contribution < 1.29 is 0 Å². The van der Waals surface area contributed by atoms with Gasteiger partial charge in [-0.25, -0.2) is 15.0 Å². The molecule has 8 heteroatoms. The Morgan fingerprint density at radius 1 is 0.694 bits per heavy atom. The molecule has 0 saturated carbocycles. The molecule has 0 spiro atoms. The zero-order valence-electron chi connectivity index (χ0n) is 22.1. The van der Waals surface area contributed by atoms with Crippen molar-refractivity contribution in [2.75, 3.05) is 10.6 Å². The second kappa shape index (κ2) is 13.7. The van der Waals surface area contributed by atoms with Crippen molar-refractivity contribution in [1.82, 2.24) is 9.97 Å². The third-order valence-electron chi connectivity index (χ3n) is 6.34. The first kappa shape index (κ1) is 28.9. The summed E-state index contributed by atoms with van der Waals surface area (Å²) in [5.41, 5.74) is 21.3. The van der Waals surface area contributed by atoms with E-state index < -0.39 is 0 Å². The molecule has 0 aliphatic carbocycles. The third kappa shape index (κ3) is 7.10. The molecule has 0 fully saturated rings. The van der Waals surface area contributed by atoms with Crippen molar-refractivity contribution in [1.29, 1.82) is 0 Å². The van der Waals surface area contributed by atoms with Crippen LogP contribution in [0.5, 0.6) is 0 Å². The van der Waals surface area contributed by atoms with E-state index in [9.17, 15) is 0 Å². The Kier molecular flexibility index (Phi) is 11.0. The molecule has 0 aliphatic heterocycles. The van der Waals surface area contributed by atoms with Gasteiger partial charge >= 0.3 is 0 Å². The Hall–Kier alpha value is -3.32. The lowest BCUT2D eigenvalue weighted by Gasteiger charge is -2.26. The van der Waals surface area contributed by atoms with E-state index in [1.807, 2.05) is 50.2 Å². The van der Waals surface area contributed by atoms with Crippen LogP contribution in [0.4, 0.5) is 11.6 Å². The summed E-state index contributed by atoms with van der Waals surface area (Å²) < 4.78 is 0. The van der Waals surface area contributed by atoms with Crippen LogP contribution < -0.4 is 22.1 Å². The second-order valence-corrected chi connectivity index (χ2v) is 8.71. The van der Waals surface area contributed by atoms with E-state index in [-0.39, 0.29) is 18.4 Å². The third-order valence-corrected chi connectivity index (χ3v) is 6.34. The number of hydrogen-bond acceptors (Lipinski definition) is 5. The van der Waals surface area contributed by atoms with E-state index >= 15 is 0 Å². The van der Waals surface area contributed by atoms with Crippen molar-refractivity contribution in [3.8, 4) is 0 Å². The van der Waals surface area contributed by atoms with Gasteiger partial charge in [0.05, 0.1) is 6.54 Å². The van der Waals surface area contributed by atoms with Crippen LogP contribution in [-0.4, -0.2) is 15.9 Å². The van der Waals surface area contributed by atoms with Gasteiger partial charge in [0.25, 0.3) is 0 Å². The van der Waals surface area contributed by atoms with Gasteiger partial charge in [-0.05, 0) is 90.8 Å². The van der Waals surface area contributed by atoms with Crippen LogP contribution >= 0.6 is 12.4 Å². The van der Waals surface area contributed by atoms with E-state index in [1.54, 1.807) is 0 Å². The summed E-state index contributed by atoms with van der Waals surface area (Å²) in [7, 11) is 0. The lowest BCUT2D eigenvalue weighted by Crippen LogP contribution is -2.23. The fourth-order valence-corrected chi connectivity index (χ4v) is 4.80. The average molecular weight is 510 g/mol. The molecule has 7 nitrogen and oxygen atoms in total. The second-order valence-electron chi connectivity index (χ2n) is 8.71. The number of nitrogens with zero attached hydrogens (tertiary/aromatic N) is 3. The van der Waals surface area contributed by atoms with Crippen molar-refractivity contribution >= 4 is 30.0 Å². The molecule has 0 saturated heterocycles. The van der Waals surface area contributed by atoms with Crippen molar-refractivity contribution in [3.63, 3.8) is 0 Å². The fourth-order valence-electron chi connectivity index (χ4n) is 4.80. The van der Waals surface area contributed by atoms with Crippen LogP contribution in [0.25, 0.3) is 0 Å². The highest BCUT2D eigenvalue weighted by atomic mass is 35.5. The summed E-state index contributed by atoms with van der Waals surface area (Å²) in [6, 6.07) is 12.1. The molecule has 0 bridgehead atoms. The van der Waals surface area contributed by atoms with Gasteiger partial charge in [-0.1, -0.05) is 32.9 Å². The van der Waals surface area contributed by atoms with Crippen molar-refractivity contribution in [3.05, 3.63) is 81.2 Å². The normalized spacial score (nSPS) is 10.5. The topological polar surface area (TPSA) is 114 Å². The summed E-state index contributed by atoms with van der Waals surface area (Å²) in [5.74, 6) is 1.87. The zero-order valence-corrected chi connectivity index (χ0v) is 22.9. The molecule has 0 unspecified atom stereocenters. The molecule has 3 aromatic rings. The van der Waals surface area contributed by atoms with Crippen molar-refractivity contribution in [2.24, 2.45) is 16.5 Å². The molecule has 6 N–H and O–H groups in total.